The fourth-order valence-electron chi connectivity index (χ4n) is 3.84. The van der Waals surface area contributed by atoms with E-state index >= 15 is 0 Å². The first-order valence-electron chi connectivity index (χ1n) is 9.94. The number of fused-ring (bicyclic) bond motifs is 1. The van der Waals surface area contributed by atoms with Crippen molar-refractivity contribution in [2.75, 3.05) is 24.3 Å². The maximum Gasteiger partial charge on any atom is 0.225 e. The molecule has 1 saturated carbocycles. The molecule has 0 bridgehead atoms. The zero-order chi connectivity index (χ0) is 19.5. The molecule has 7 nitrogen and oxygen atoms in total. The normalized spacial score (nSPS) is 19.7. The van der Waals surface area contributed by atoms with Crippen LogP contribution in [0.3, 0.4) is 0 Å². The number of hydrogen-bond donors (Lipinski definition) is 2. The van der Waals surface area contributed by atoms with Crippen molar-refractivity contribution in [2.45, 2.75) is 51.2 Å². The van der Waals surface area contributed by atoms with Crippen molar-refractivity contribution < 1.29 is 4.52 Å². The number of para-hydroxylation sites is 1. The van der Waals surface area contributed by atoms with Gasteiger partial charge in [-0.3, -0.25) is 0 Å². The summed E-state index contributed by atoms with van der Waals surface area (Å²) in [7, 11) is 4.04. The van der Waals surface area contributed by atoms with Crippen LogP contribution in [0, 0.1) is 6.92 Å². The molecule has 7 heteroatoms. The molecule has 1 aliphatic carbocycles. The second-order valence-electron chi connectivity index (χ2n) is 7.79. The highest BCUT2D eigenvalue weighted by atomic mass is 16.5. The van der Waals surface area contributed by atoms with E-state index in [2.05, 4.69) is 21.9 Å². The third kappa shape index (κ3) is 4.25. The van der Waals surface area contributed by atoms with E-state index in [0.29, 0.717) is 12.1 Å². The Labute approximate surface area is 165 Å². The molecule has 28 heavy (non-hydrogen) atoms. The maximum atomic E-state index is 5.13. The van der Waals surface area contributed by atoms with Gasteiger partial charge in [-0.15, -0.1) is 0 Å². The van der Waals surface area contributed by atoms with Gasteiger partial charge in [-0.1, -0.05) is 17.3 Å². The van der Waals surface area contributed by atoms with E-state index in [4.69, 9.17) is 14.5 Å². The van der Waals surface area contributed by atoms with Gasteiger partial charge in [-0.2, -0.15) is 4.98 Å². The molecule has 1 fully saturated rings. The summed E-state index contributed by atoms with van der Waals surface area (Å²) < 4.78 is 5.13. The Morgan fingerprint density at radius 3 is 2.54 bits per heavy atom. The molecule has 0 radical (unpaired) electrons. The molecule has 0 aliphatic heterocycles. The predicted octanol–water partition coefficient (Wildman–Crippen LogP) is 3.51. The zero-order valence-corrected chi connectivity index (χ0v) is 16.8. The van der Waals surface area contributed by atoms with Gasteiger partial charge < -0.3 is 20.1 Å². The summed E-state index contributed by atoms with van der Waals surface area (Å²) in [6.07, 6.45) is 4.46. The molecule has 1 aromatic carbocycles. The first-order chi connectivity index (χ1) is 13.6. The maximum absolute atomic E-state index is 5.13. The standard InChI is InChI=1S/C21H28N6O/c1-14-12-17(26-28-14)13-22-15-8-10-16(11-9-15)23-21-24-19-7-5-4-6-18(19)20(25-21)27(2)3/h4-7,12,15-16,22H,8-11,13H2,1-3H3,(H,23,24,25)/t15-,16+. The highest BCUT2D eigenvalue weighted by Crippen LogP contribution is 2.26. The molecule has 2 aromatic heterocycles. The third-order valence-corrected chi connectivity index (χ3v) is 5.32. The lowest BCUT2D eigenvalue weighted by atomic mass is 9.91. The number of hydrogen-bond acceptors (Lipinski definition) is 7. The first-order valence-corrected chi connectivity index (χ1v) is 9.94. The molecular formula is C21H28N6O. The van der Waals surface area contributed by atoms with E-state index in [1.165, 1.54) is 0 Å². The average molecular weight is 380 g/mol. The van der Waals surface area contributed by atoms with Crippen molar-refractivity contribution >= 4 is 22.7 Å². The Balaban J connectivity index is 1.35. The SMILES string of the molecule is Cc1cc(CN[C@H]2CC[C@@H](Nc3nc(N(C)C)c4ccccc4n3)CC2)no1. The number of benzene rings is 1. The lowest BCUT2D eigenvalue weighted by Crippen LogP contribution is -2.37. The van der Waals surface area contributed by atoms with Gasteiger partial charge >= 0.3 is 0 Å². The molecule has 0 saturated heterocycles. The highest BCUT2D eigenvalue weighted by Gasteiger charge is 2.22. The second kappa shape index (κ2) is 8.14. The Hall–Kier alpha value is -2.67. The number of aromatic nitrogens is 3. The van der Waals surface area contributed by atoms with Crippen LogP contribution in [-0.2, 0) is 6.54 Å². The molecule has 2 heterocycles. The van der Waals surface area contributed by atoms with Crippen LogP contribution in [0.25, 0.3) is 10.9 Å². The van der Waals surface area contributed by atoms with E-state index in [9.17, 15) is 0 Å². The summed E-state index contributed by atoms with van der Waals surface area (Å²) in [5, 5.41) is 12.3. The largest absolute Gasteiger partial charge is 0.362 e. The van der Waals surface area contributed by atoms with Gasteiger partial charge in [0.25, 0.3) is 0 Å². The van der Waals surface area contributed by atoms with Crippen LogP contribution in [0.15, 0.2) is 34.9 Å². The summed E-state index contributed by atoms with van der Waals surface area (Å²) in [6, 6.07) is 11.1. The van der Waals surface area contributed by atoms with Crippen molar-refractivity contribution in [2.24, 2.45) is 0 Å². The average Bonchev–Trinajstić information content (AvgIpc) is 3.12. The quantitative estimate of drug-likeness (QED) is 0.677. The van der Waals surface area contributed by atoms with Crippen molar-refractivity contribution in [3.05, 3.63) is 41.8 Å². The second-order valence-corrected chi connectivity index (χ2v) is 7.79. The van der Waals surface area contributed by atoms with Crippen molar-refractivity contribution in [1.29, 1.82) is 0 Å². The first kappa shape index (κ1) is 18.7. The van der Waals surface area contributed by atoms with Crippen molar-refractivity contribution in [3.63, 3.8) is 0 Å². The van der Waals surface area contributed by atoms with Gasteiger partial charge in [0.2, 0.25) is 5.95 Å². The lowest BCUT2D eigenvalue weighted by Gasteiger charge is -2.30. The third-order valence-electron chi connectivity index (χ3n) is 5.32. The summed E-state index contributed by atoms with van der Waals surface area (Å²) in [4.78, 5) is 11.5. The molecule has 4 rings (SSSR count). The summed E-state index contributed by atoms with van der Waals surface area (Å²) in [5.74, 6) is 2.53. The fraction of sp³-hybridized carbons (Fsp3) is 0.476. The van der Waals surface area contributed by atoms with Crippen LogP contribution in [0.1, 0.15) is 37.1 Å². The topological polar surface area (TPSA) is 79.1 Å². The Bertz CT molecular complexity index is 930. The van der Waals surface area contributed by atoms with E-state index in [-0.39, 0.29) is 0 Å². The molecule has 0 spiro atoms. The predicted molar refractivity (Wildman–Crippen MR) is 112 cm³/mol. The van der Waals surface area contributed by atoms with Gasteiger partial charge in [0.1, 0.15) is 11.6 Å². The highest BCUT2D eigenvalue weighted by molar-refractivity contribution is 5.90. The molecule has 148 valence electrons. The summed E-state index contributed by atoms with van der Waals surface area (Å²) in [6.45, 7) is 2.68. The van der Waals surface area contributed by atoms with Crippen molar-refractivity contribution in [3.8, 4) is 0 Å². The van der Waals surface area contributed by atoms with Gasteiger partial charge in [0.05, 0.1) is 11.2 Å². The van der Waals surface area contributed by atoms with Gasteiger partial charge in [0.15, 0.2) is 0 Å². The molecule has 0 unspecified atom stereocenters. The number of nitrogens with one attached hydrogen (secondary N) is 2. The minimum atomic E-state index is 0.406. The summed E-state index contributed by atoms with van der Waals surface area (Å²) in [5.41, 5.74) is 1.94. The molecular weight excluding hydrogens is 352 g/mol. The minimum Gasteiger partial charge on any atom is -0.362 e. The number of rotatable bonds is 6. The number of nitrogens with zero attached hydrogens (tertiary/aromatic N) is 4. The van der Waals surface area contributed by atoms with E-state index in [0.717, 1.165) is 66.4 Å². The fourth-order valence-corrected chi connectivity index (χ4v) is 3.84. The number of anilines is 2. The molecule has 1 aliphatic rings. The smallest absolute Gasteiger partial charge is 0.225 e. The van der Waals surface area contributed by atoms with Crippen LogP contribution in [-0.4, -0.2) is 41.3 Å². The van der Waals surface area contributed by atoms with Crippen LogP contribution < -0.4 is 15.5 Å². The molecule has 3 aromatic rings. The Morgan fingerprint density at radius 2 is 1.82 bits per heavy atom. The Morgan fingerprint density at radius 1 is 1.07 bits per heavy atom. The minimum absolute atomic E-state index is 0.406. The van der Waals surface area contributed by atoms with Crippen LogP contribution in [0.4, 0.5) is 11.8 Å². The van der Waals surface area contributed by atoms with Crippen LogP contribution in [0.2, 0.25) is 0 Å². The van der Waals surface area contributed by atoms with Crippen molar-refractivity contribution in [1.82, 2.24) is 20.4 Å². The van der Waals surface area contributed by atoms with Crippen LogP contribution >= 0.6 is 0 Å². The lowest BCUT2D eigenvalue weighted by molar-refractivity contribution is 0.343. The van der Waals surface area contributed by atoms with E-state index in [1.54, 1.807) is 0 Å². The Kier molecular flexibility index (Phi) is 5.43. The number of aryl methyl sites for hydroxylation is 1. The van der Waals surface area contributed by atoms with Gasteiger partial charge in [-0.25, -0.2) is 4.98 Å². The molecule has 2 N–H and O–H groups in total. The molecule has 0 atom stereocenters. The molecule has 0 amide bonds. The van der Waals surface area contributed by atoms with Gasteiger partial charge in [0, 0.05) is 44.2 Å². The van der Waals surface area contributed by atoms with Gasteiger partial charge in [-0.05, 0) is 44.7 Å². The van der Waals surface area contributed by atoms with E-state index < -0.39 is 0 Å². The van der Waals surface area contributed by atoms with E-state index in [1.807, 2.05) is 50.2 Å². The van der Waals surface area contributed by atoms with Crippen LogP contribution in [0.5, 0.6) is 0 Å². The zero-order valence-electron chi connectivity index (χ0n) is 16.8. The summed E-state index contributed by atoms with van der Waals surface area (Å²) >= 11 is 0. The monoisotopic (exact) mass is 380 g/mol.